The topological polar surface area (TPSA) is 46.1 Å². The Bertz CT molecular complexity index is 998. The highest BCUT2D eigenvalue weighted by Crippen LogP contribution is 2.42. The minimum Gasteiger partial charge on any atom is -0.337 e. The Morgan fingerprint density at radius 1 is 1.18 bits per heavy atom. The van der Waals surface area contributed by atoms with Crippen molar-refractivity contribution in [1.82, 2.24) is 14.9 Å². The van der Waals surface area contributed by atoms with Crippen molar-refractivity contribution in [2.24, 2.45) is 0 Å². The summed E-state index contributed by atoms with van der Waals surface area (Å²) in [7, 11) is 0. The number of hydrogen-bond donors (Lipinski definition) is 0. The number of pyridine rings is 1. The fraction of sp³-hybridized carbons (Fsp3) is 0.286. The van der Waals surface area contributed by atoms with Crippen molar-refractivity contribution < 1.29 is 13.6 Å². The van der Waals surface area contributed by atoms with E-state index in [2.05, 4.69) is 22.5 Å². The number of halogens is 2. The van der Waals surface area contributed by atoms with Gasteiger partial charge in [0.05, 0.1) is 16.9 Å². The van der Waals surface area contributed by atoms with Gasteiger partial charge in [0.15, 0.2) is 11.5 Å². The molecule has 0 spiro atoms. The summed E-state index contributed by atoms with van der Waals surface area (Å²) in [6, 6.07) is 10.9. The number of nitrogens with zero attached hydrogens (tertiary/aromatic N) is 3. The molecule has 4 nitrogen and oxygen atoms in total. The molecule has 1 fully saturated rings. The van der Waals surface area contributed by atoms with Crippen molar-refractivity contribution in [2.75, 3.05) is 13.1 Å². The normalized spacial score (nSPS) is 16.2. The number of hydrogen-bond acceptors (Lipinski definition) is 4. The number of carbonyl (C=O) groups is 1. The van der Waals surface area contributed by atoms with Crippen LogP contribution in [0.15, 0.2) is 48.0 Å². The monoisotopic (exact) mass is 399 g/mol. The van der Waals surface area contributed by atoms with E-state index < -0.39 is 17.5 Å². The summed E-state index contributed by atoms with van der Waals surface area (Å²) in [5.41, 5.74) is 1.56. The molecule has 3 aromatic rings. The van der Waals surface area contributed by atoms with Crippen LogP contribution in [0.5, 0.6) is 0 Å². The lowest BCUT2D eigenvalue weighted by Gasteiger charge is -2.41. The second-order valence-electron chi connectivity index (χ2n) is 6.98. The van der Waals surface area contributed by atoms with Gasteiger partial charge < -0.3 is 4.90 Å². The summed E-state index contributed by atoms with van der Waals surface area (Å²) in [6.45, 7) is 2.88. The van der Waals surface area contributed by atoms with Crippen LogP contribution in [0, 0.1) is 18.6 Å². The van der Waals surface area contributed by atoms with Gasteiger partial charge in [0.1, 0.15) is 5.82 Å². The van der Waals surface area contributed by atoms with Gasteiger partial charge >= 0.3 is 0 Å². The van der Waals surface area contributed by atoms with Crippen LogP contribution in [0.2, 0.25) is 0 Å². The molecule has 28 heavy (non-hydrogen) atoms. The van der Waals surface area contributed by atoms with Gasteiger partial charge in [0, 0.05) is 30.0 Å². The molecule has 0 saturated carbocycles. The minimum absolute atomic E-state index is 0.280. The van der Waals surface area contributed by atoms with E-state index >= 15 is 0 Å². The standard InChI is InChI=1S/C21H19F2N3OS/c1-14-25-18(13-28-14)21(15-5-3-2-4-6-15)7-9-26(10-8-21)20(27)19-17(23)11-16(22)12-24-19/h2-6,11-13H,7-10H2,1H3. The van der Waals surface area contributed by atoms with Gasteiger partial charge in [-0.25, -0.2) is 18.7 Å². The molecule has 1 saturated heterocycles. The van der Waals surface area contributed by atoms with Crippen molar-refractivity contribution in [2.45, 2.75) is 25.2 Å². The maximum Gasteiger partial charge on any atom is 0.275 e. The van der Waals surface area contributed by atoms with Gasteiger partial charge in [0.25, 0.3) is 5.91 Å². The Balaban J connectivity index is 1.61. The van der Waals surface area contributed by atoms with Crippen molar-refractivity contribution in [1.29, 1.82) is 0 Å². The van der Waals surface area contributed by atoms with E-state index in [1.54, 1.807) is 16.2 Å². The average molecular weight is 399 g/mol. The van der Waals surface area contributed by atoms with Crippen LogP contribution in [0.1, 0.15) is 39.6 Å². The summed E-state index contributed by atoms with van der Waals surface area (Å²) < 4.78 is 27.1. The first-order chi connectivity index (χ1) is 13.5. The Kier molecular flexibility index (Phi) is 4.93. The number of carbonyl (C=O) groups excluding carboxylic acids is 1. The molecular formula is C21H19F2N3OS. The largest absolute Gasteiger partial charge is 0.337 e. The number of aromatic nitrogens is 2. The first-order valence-corrected chi connectivity index (χ1v) is 9.96. The first kappa shape index (κ1) is 18.7. The van der Waals surface area contributed by atoms with E-state index in [1.165, 1.54) is 5.56 Å². The van der Waals surface area contributed by atoms with E-state index in [1.807, 2.05) is 25.1 Å². The summed E-state index contributed by atoms with van der Waals surface area (Å²) >= 11 is 1.61. The van der Waals surface area contributed by atoms with Crippen LogP contribution in [-0.4, -0.2) is 33.9 Å². The Labute approximate surface area is 165 Å². The molecule has 0 unspecified atom stereocenters. The van der Waals surface area contributed by atoms with Crippen LogP contribution in [0.4, 0.5) is 8.78 Å². The van der Waals surface area contributed by atoms with E-state index in [-0.39, 0.29) is 11.1 Å². The number of piperidine rings is 1. The molecule has 2 aromatic heterocycles. The second kappa shape index (κ2) is 7.39. The zero-order valence-electron chi connectivity index (χ0n) is 15.4. The SMILES string of the molecule is Cc1nc(C2(c3ccccc3)CCN(C(=O)c3ncc(F)cc3F)CC2)cs1. The van der Waals surface area contributed by atoms with Crippen molar-refractivity contribution in [3.63, 3.8) is 0 Å². The fourth-order valence-corrected chi connectivity index (χ4v) is 4.56. The lowest BCUT2D eigenvalue weighted by Crippen LogP contribution is -2.46. The molecule has 7 heteroatoms. The number of aryl methyl sites for hydroxylation is 1. The Morgan fingerprint density at radius 2 is 1.89 bits per heavy atom. The summed E-state index contributed by atoms with van der Waals surface area (Å²) in [5.74, 6) is -2.23. The lowest BCUT2D eigenvalue weighted by atomic mass is 9.70. The molecule has 0 radical (unpaired) electrons. The quantitative estimate of drug-likeness (QED) is 0.658. The zero-order valence-corrected chi connectivity index (χ0v) is 16.2. The third-order valence-corrected chi connectivity index (χ3v) is 6.12. The fourth-order valence-electron chi connectivity index (χ4n) is 3.85. The van der Waals surface area contributed by atoms with Gasteiger partial charge in [0.2, 0.25) is 0 Å². The third-order valence-electron chi connectivity index (χ3n) is 5.35. The lowest BCUT2D eigenvalue weighted by molar-refractivity contribution is 0.0672. The van der Waals surface area contributed by atoms with E-state index in [0.717, 1.165) is 16.9 Å². The van der Waals surface area contributed by atoms with Crippen molar-refractivity contribution in [3.05, 3.63) is 81.6 Å². The first-order valence-electron chi connectivity index (χ1n) is 9.08. The molecule has 0 aliphatic carbocycles. The molecule has 4 rings (SSSR count). The van der Waals surface area contributed by atoms with Gasteiger partial charge in [-0.2, -0.15) is 0 Å². The average Bonchev–Trinajstić information content (AvgIpc) is 3.15. The number of thiazole rings is 1. The smallest absolute Gasteiger partial charge is 0.275 e. The molecule has 0 atom stereocenters. The molecule has 3 heterocycles. The molecule has 0 bridgehead atoms. The molecule has 144 valence electrons. The number of amides is 1. The van der Waals surface area contributed by atoms with Gasteiger partial charge in [-0.1, -0.05) is 30.3 Å². The predicted molar refractivity (Wildman–Crippen MR) is 103 cm³/mol. The highest BCUT2D eigenvalue weighted by molar-refractivity contribution is 7.09. The third kappa shape index (κ3) is 3.30. The van der Waals surface area contributed by atoms with E-state index in [9.17, 15) is 13.6 Å². The van der Waals surface area contributed by atoms with Crippen LogP contribution in [-0.2, 0) is 5.41 Å². The Hall–Kier alpha value is -2.67. The van der Waals surface area contributed by atoms with Crippen LogP contribution < -0.4 is 0 Å². The number of likely N-dealkylation sites (tertiary alicyclic amines) is 1. The highest BCUT2D eigenvalue weighted by atomic mass is 32.1. The molecule has 1 aliphatic heterocycles. The zero-order chi connectivity index (χ0) is 19.7. The van der Waals surface area contributed by atoms with Gasteiger partial charge in [-0.15, -0.1) is 11.3 Å². The molecule has 0 N–H and O–H groups in total. The minimum atomic E-state index is -0.931. The Morgan fingerprint density at radius 3 is 2.50 bits per heavy atom. The summed E-state index contributed by atoms with van der Waals surface area (Å²) in [4.78, 5) is 22.7. The maximum atomic E-state index is 14.0. The summed E-state index contributed by atoms with van der Waals surface area (Å²) in [5, 5.41) is 3.09. The summed E-state index contributed by atoms with van der Waals surface area (Å²) in [6.07, 6.45) is 2.22. The van der Waals surface area contributed by atoms with E-state index in [0.29, 0.717) is 32.0 Å². The van der Waals surface area contributed by atoms with Crippen LogP contribution in [0.3, 0.4) is 0 Å². The predicted octanol–water partition coefficient (Wildman–Crippen LogP) is 4.35. The van der Waals surface area contributed by atoms with Crippen LogP contribution >= 0.6 is 11.3 Å². The van der Waals surface area contributed by atoms with Crippen molar-refractivity contribution >= 4 is 17.2 Å². The number of rotatable bonds is 3. The molecular weight excluding hydrogens is 380 g/mol. The second-order valence-corrected chi connectivity index (χ2v) is 8.04. The van der Waals surface area contributed by atoms with Gasteiger partial charge in [-0.05, 0) is 25.3 Å². The van der Waals surface area contributed by atoms with Crippen molar-refractivity contribution in [3.8, 4) is 0 Å². The molecule has 1 aromatic carbocycles. The van der Waals surface area contributed by atoms with Gasteiger partial charge in [-0.3, -0.25) is 4.79 Å². The van der Waals surface area contributed by atoms with Crippen LogP contribution in [0.25, 0.3) is 0 Å². The number of benzene rings is 1. The highest BCUT2D eigenvalue weighted by Gasteiger charge is 2.41. The van der Waals surface area contributed by atoms with E-state index in [4.69, 9.17) is 4.98 Å². The maximum absolute atomic E-state index is 14.0. The molecule has 1 amide bonds. The molecule has 1 aliphatic rings.